The van der Waals surface area contributed by atoms with E-state index in [-0.39, 0.29) is 24.0 Å². The monoisotopic (exact) mass is 430 g/mol. The lowest BCUT2D eigenvalue weighted by molar-refractivity contribution is -0.130. The second-order valence-corrected chi connectivity index (χ2v) is 11.0. The van der Waals surface area contributed by atoms with Crippen molar-refractivity contribution in [1.29, 1.82) is 0 Å². The maximum absolute atomic E-state index is 14.6. The molecule has 0 aromatic heterocycles. The minimum absolute atomic E-state index is 0.155. The summed E-state index contributed by atoms with van der Waals surface area (Å²) in [6.45, 7) is 14.7. The van der Waals surface area contributed by atoms with Crippen LogP contribution in [0.25, 0.3) is 6.08 Å². The van der Waals surface area contributed by atoms with Gasteiger partial charge in [-0.15, -0.1) is 0 Å². The molecular formula is C22H33F2O4P. The molecule has 7 heteroatoms. The Bertz CT molecular complexity index is 760. The van der Waals surface area contributed by atoms with Gasteiger partial charge in [0.1, 0.15) is 0 Å². The maximum atomic E-state index is 14.6. The van der Waals surface area contributed by atoms with Gasteiger partial charge in [-0.3, -0.25) is 9.36 Å². The molecule has 1 rings (SSSR count). The van der Waals surface area contributed by atoms with Gasteiger partial charge in [0.25, 0.3) is 0 Å². The molecule has 0 aliphatic carbocycles. The van der Waals surface area contributed by atoms with Crippen molar-refractivity contribution >= 4 is 19.5 Å². The first kappa shape index (κ1) is 25.7. The third-order valence-electron chi connectivity index (χ3n) is 4.35. The fraction of sp³-hybridized carbons (Fsp3) is 0.591. The molecule has 1 aromatic carbocycles. The van der Waals surface area contributed by atoms with Crippen LogP contribution in [0.4, 0.5) is 8.78 Å². The average Bonchev–Trinajstić information content (AvgIpc) is 2.58. The summed E-state index contributed by atoms with van der Waals surface area (Å²) in [5.41, 5.74) is -1.90. The van der Waals surface area contributed by atoms with Crippen LogP contribution in [-0.2, 0) is 29.2 Å². The predicted octanol–water partition coefficient (Wildman–Crippen LogP) is 6.72. The van der Waals surface area contributed by atoms with E-state index in [0.29, 0.717) is 5.56 Å². The standard InChI is InChI=1S/C22H33F2O4P/c1-9-27-29(26,28-10-2)22(23,24)19(25)12-11-16-13-17(20(3,4)5)15-18(14-16)21(6,7)8/h11-15H,9-10H2,1-8H3/b12-11+. The number of alkyl halides is 2. The van der Waals surface area contributed by atoms with E-state index in [0.717, 1.165) is 17.2 Å². The third kappa shape index (κ3) is 6.31. The van der Waals surface area contributed by atoms with Gasteiger partial charge in [0, 0.05) is 0 Å². The zero-order valence-corrected chi connectivity index (χ0v) is 19.5. The zero-order valence-electron chi connectivity index (χ0n) is 18.6. The quantitative estimate of drug-likeness (QED) is 0.339. The maximum Gasteiger partial charge on any atom is 0.408 e. The second kappa shape index (κ2) is 9.20. The van der Waals surface area contributed by atoms with Crippen LogP contribution in [0.2, 0.25) is 0 Å². The number of hydrogen-bond donors (Lipinski definition) is 0. The van der Waals surface area contributed by atoms with Crippen LogP contribution in [-0.4, -0.2) is 24.7 Å². The Balaban J connectivity index is 3.34. The molecule has 0 saturated carbocycles. The van der Waals surface area contributed by atoms with Crippen molar-refractivity contribution in [3.63, 3.8) is 0 Å². The first-order valence-corrected chi connectivity index (χ1v) is 11.3. The van der Waals surface area contributed by atoms with Crippen molar-refractivity contribution in [2.45, 2.75) is 71.9 Å². The van der Waals surface area contributed by atoms with Gasteiger partial charge in [-0.2, -0.15) is 8.78 Å². The highest BCUT2D eigenvalue weighted by atomic mass is 31.2. The fourth-order valence-corrected chi connectivity index (χ4v) is 3.98. The molecular weight excluding hydrogens is 397 g/mol. The normalized spacial score (nSPS) is 13.9. The lowest BCUT2D eigenvalue weighted by Gasteiger charge is -2.26. The van der Waals surface area contributed by atoms with E-state index < -0.39 is 19.0 Å². The highest BCUT2D eigenvalue weighted by Crippen LogP contribution is 2.62. The lowest BCUT2D eigenvalue weighted by atomic mass is 9.79. The molecule has 0 radical (unpaired) electrons. The molecule has 1 aromatic rings. The van der Waals surface area contributed by atoms with E-state index in [1.54, 1.807) is 0 Å². The molecule has 0 atom stereocenters. The number of carbonyl (C=O) groups is 1. The van der Waals surface area contributed by atoms with Crippen molar-refractivity contribution in [3.8, 4) is 0 Å². The molecule has 0 N–H and O–H groups in total. The van der Waals surface area contributed by atoms with Crippen molar-refractivity contribution in [1.82, 2.24) is 0 Å². The largest absolute Gasteiger partial charge is 0.408 e. The molecule has 0 fully saturated rings. The molecule has 0 heterocycles. The number of benzene rings is 1. The first-order valence-electron chi connectivity index (χ1n) is 9.74. The van der Waals surface area contributed by atoms with Crippen LogP contribution in [0, 0.1) is 0 Å². The van der Waals surface area contributed by atoms with Crippen LogP contribution >= 0.6 is 7.60 Å². The van der Waals surface area contributed by atoms with E-state index >= 15 is 0 Å². The van der Waals surface area contributed by atoms with Gasteiger partial charge in [0.15, 0.2) is 0 Å². The fourth-order valence-electron chi connectivity index (χ4n) is 2.56. The summed E-state index contributed by atoms with van der Waals surface area (Å²) in [5, 5.41) is 0. The van der Waals surface area contributed by atoms with E-state index in [9.17, 15) is 18.1 Å². The topological polar surface area (TPSA) is 52.6 Å². The van der Waals surface area contributed by atoms with Gasteiger partial charge in [0.05, 0.1) is 13.2 Å². The lowest BCUT2D eigenvalue weighted by Crippen LogP contribution is -2.29. The molecule has 0 aliphatic heterocycles. The van der Waals surface area contributed by atoms with Crippen molar-refractivity contribution in [3.05, 3.63) is 41.0 Å². The number of rotatable bonds is 8. The van der Waals surface area contributed by atoms with Crippen molar-refractivity contribution < 1.29 is 27.2 Å². The molecule has 4 nitrogen and oxygen atoms in total. The summed E-state index contributed by atoms with van der Waals surface area (Å²) >= 11 is 0. The van der Waals surface area contributed by atoms with Crippen molar-refractivity contribution in [2.24, 2.45) is 0 Å². The van der Waals surface area contributed by atoms with Gasteiger partial charge >= 0.3 is 13.3 Å². The van der Waals surface area contributed by atoms with Crippen LogP contribution in [0.15, 0.2) is 24.3 Å². The third-order valence-corrected chi connectivity index (χ3v) is 6.46. The van der Waals surface area contributed by atoms with Crippen LogP contribution in [0.1, 0.15) is 72.1 Å². The first-order chi connectivity index (χ1) is 13.1. The Morgan fingerprint density at radius 3 is 1.69 bits per heavy atom. The summed E-state index contributed by atoms with van der Waals surface area (Å²) in [7, 11) is -4.91. The molecule has 0 amide bonds. The summed E-state index contributed by atoms with van der Waals surface area (Å²) in [4.78, 5) is 12.2. The number of allylic oxidation sites excluding steroid dienone is 1. The minimum atomic E-state index is -4.91. The molecule has 164 valence electrons. The Labute approximate surface area is 173 Å². The highest BCUT2D eigenvalue weighted by molar-refractivity contribution is 7.56. The highest BCUT2D eigenvalue weighted by Gasteiger charge is 2.58. The summed E-state index contributed by atoms with van der Waals surface area (Å²) in [6.07, 6.45) is 2.07. The molecule has 0 unspecified atom stereocenters. The Kier molecular flexibility index (Phi) is 8.14. The van der Waals surface area contributed by atoms with Crippen molar-refractivity contribution in [2.75, 3.05) is 13.2 Å². The van der Waals surface area contributed by atoms with E-state index in [1.165, 1.54) is 19.9 Å². The molecule has 0 spiro atoms. The Morgan fingerprint density at radius 1 is 0.931 bits per heavy atom. The van der Waals surface area contributed by atoms with E-state index in [4.69, 9.17) is 0 Å². The SMILES string of the molecule is CCOP(=O)(OCC)C(F)(F)C(=O)/C=C/c1cc(C(C)(C)C)cc(C(C)(C)C)c1. The average molecular weight is 430 g/mol. The molecule has 0 bridgehead atoms. The van der Waals surface area contributed by atoms with Gasteiger partial charge < -0.3 is 9.05 Å². The second-order valence-electron chi connectivity index (χ2n) is 8.92. The van der Waals surface area contributed by atoms with Gasteiger partial charge in [-0.1, -0.05) is 65.8 Å². The van der Waals surface area contributed by atoms with Gasteiger partial charge in [-0.25, -0.2) is 0 Å². The smallest absolute Gasteiger partial charge is 0.304 e. The molecule has 0 saturated heterocycles. The Morgan fingerprint density at radius 2 is 1.34 bits per heavy atom. The predicted molar refractivity (Wildman–Crippen MR) is 114 cm³/mol. The summed E-state index contributed by atoms with van der Waals surface area (Å²) < 4.78 is 50.9. The number of carbonyl (C=O) groups excluding carboxylic acids is 1. The number of ketones is 1. The molecule has 29 heavy (non-hydrogen) atoms. The number of hydrogen-bond acceptors (Lipinski definition) is 4. The minimum Gasteiger partial charge on any atom is -0.304 e. The van der Waals surface area contributed by atoms with E-state index in [1.807, 2.05) is 12.1 Å². The van der Waals surface area contributed by atoms with Gasteiger partial charge in [0.2, 0.25) is 5.78 Å². The summed E-state index contributed by atoms with van der Waals surface area (Å²) in [5.74, 6) is -1.61. The Hall–Kier alpha value is -1.36. The van der Waals surface area contributed by atoms with Crippen LogP contribution < -0.4 is 0 Å². The zero-order chi connectivity index (χ0) is 22.7. The van der Waals surface area contributed by atoms with Crippen LogP contribution in [0.3, 0.4) is 0 Å². The summed E-state index contributed by atoms with van der Waals surface area (Å²) in [6, 6.07) is 5.82. The molecule has 0 aliphatic rings. The van der Waals surface area contributed by atoms with E-state index in [2.05, 4.69) is 56.7 Å². The van der Waals surface area contributed by atoms with Gasteiger partial charge in [-0.05, 0) is 47.4 Å². The van der Waals surface area contributed by atoms with Crippen LogP contribution in [0.5, 0.6) is 0 Å². The number of halogens is 2.